The molecule has 0 aromatic heterocycles. The zero-order valence-electron chi connectivity index (χ0n) is 20.6. The van der Waals surface area contributed by atoms with Gasteiger partial charge in [-0.25, -0.2) is 8.42 Å². The van der Waals surface area contributed by atoms with E-state index in [1.54, 1.807) is 48.5 Å². The molecule has 1 N–H and O–H groups in total. The van der Waals surface area contributed by atoms with Crippen LogP contribution in [0.15, 0.2) is 53.4 Å². The maximum atomic E-state index is 12.9. The molecule has 3 rings (SSSR count). The summed E-state index contributed by atoms with van der Waals surface area (Å²) >= 11 is 0. The van der Waals surface area contributed by atoms with Gasteiger partial charge in [0.05, 0.1) is 17.1 Å². The minimum absolute atomic E-state index is 0.00277. The Labute approximate surface area is 203 Å². The molecule has 1 fully saturated rings. The lowest BCUT2D eigenvalue weighted by Crippen LogP contribution is -2.37. The molecule has 1 aliphatic carbocycles. The lowest BCUT2D eigenvalue weighted by atomic mass is 10.1. The van der Waals surface area contributed by atoms with Crippen molar-refractivity contribution in [2.24, 2.45) is 17.8 Å². The van der Waals surface area contributed by atoms with Gasteiger partial charge in [0.1, 0.15) is 0 Å². The predicted molar refractivity (Wildman–Crippen MR) is 136 cm³/mol. The van der Waals surface area contributed by atoms with Crippen LogP contribution in [-0.4, -0.2) is 44.0 Å². The third-order valence-corrected chi connectivity index (χ3v) is 7.57. The number of rotatable bonds is 11. The average Bonchev–Trinajstić information content (AvgIpc) is 3.56. The van der Waals surface area contributed by atoms with Crippen molar-refractivity contribution in [1.82, 2.24) is 4.90 Å². The number of carbonyl (C=O) groups is 2. The molecule has 0 aliphatic heterocycles. The molecule has 2 aromatic rings. The van der Waals surface area contributed by atoms with Crippen molar-refractivity contribution in [2.45, 2.75) is 51.9 Å². The highest BCUT2D eigenvalue weighted by Crippen LogP contribution is 2.32. The summed E-state index contributed by atoms with van der Waals surface area (Å²) in [6.45, 7) is 9.80. The van der Waals surface area contributed by atoms with Crippen LogP contribution in [0.1, 0.15) is 56.5 Å². The zero-order chi connectivity index (χ0) is 24.9. The third kappa shape index (κ3) is 7.69. The standard InChI is InChI=1S/C27H36N2O4S/c1-19(2)16-29(17-20(3)4)27(31)23-9-11-24(12-10-23)28-26(30)15-21-7-13-25(14-8-21)34(32,33)18-22-5-6-22/h7-14,19-20,22H,5-6,15-18H2,1-4H3,(H,28,30). The number of benzene rings is 2. The molecule has 0 bridgehead atoms. The SMILES string of the molecule is CC(C)CN(CC(C)C)C(=O)c1ccc(NC(=O)Cc2ccc(S(=O)(=O)CC3CC3)cc2)cc1. The Morgan fingerprint density at radius 3 is 1.97 bits per heavy atom. The van der Waals surface area contributed by atoms with Gasteiger partial charge in [-0.15, -0.1) is 0 Å². The van der Waals surface area contributed by atoms with Crippen molar-refractivity contribution in [2.75, 3.05) is 24.2 Å². The number of nitrogens with zero attached hydrogens (tertiary/aromatic N) is 1. The molecule has 2 amide bonds. The fourth-order valence-electron chi connectivity index (χ4n) is 3.90. The van der Waals surface area contributed by atoms with E-state index in [0.717, 1.165) is 18.4 Å². The van der Waals surface area contributed by atoms with Crippen LogP contribution >= 0.6 is 0 Å². The molecule has 1 aliphatic rings. The van der Waals surface area contributed by atoms with Gasteiger partial charge in [0.15, 0.2) is 9.84 Å². The number of hydrogen-bond donors (Lipinski definition) is 1. The lowest BCUT2D eigenvalue weighted by Gasteiger charge is -2.26. The zero-order valence-corrected chi connectivity index (χ0v) is 21.4. The van der Waals surface area contributed by atoms with Crippen molar-refractivity contribution in [3.05, 3.63) is 59.7 Å². The van der Waals surface area contributed by atoms with E-state index in [1.165, 1.54) is 0 Å². The summed E-state index contributed by atoms with van der Waals surface area (Å²) in [5.41, 5.74) is 1.96. The van der Waals surface area contributed by atoms with Crippen LogP contribution in [0.2, 0.25) is 0 Å². The Balaban J connectivity index is 1.57. The number of amides is 2. The third-order valence-electron chi connectivity index (χ3n) is 5.67. The second-order valence-electron chi connectivity index (χ2n) is 10.2. The van der Waals surface area contributed by atoms with Crippen LogP contribution in [0.3, 0.4) is 0 Å². The first-order chi connectivity index (χ1) is 16.0. The molecule has 0 saturated heterocycles. The van der Waals surface area contributed by atoms with Gasteiger partial charge in [-0.1, -0.05) is 39.8 Å². The first kappa shape index (κ1) is 25.9. The van der Waals surface area contributed by atoms with Gasteiger partial charge in [-0.05, 0) is 72.6 Å². The van der Waals surface area contributed by atoms with Crippen molar-refractivity contribution < 1.29 is 18.0 Å². The summed E-state index contributed by atoms with van der Waals surface area (Å²) in [4.78, 5) is 27.6. The number of sulfone groups is 1. The van der Waals surface area contributed by atoms with Gasteiger partial charge in [-0.2, -0.15) is 0 Å². The van der Waals surface area contributed by atoms with Crippen molar-refractivity contribution in [3.8, 4) is 0 Å². The summed E-state index contributed by atoms with van der Waals surface area (Å²) in [5.74, 6) is 1.07. The predicted octanol–water partition coefficient (Wildman–Crippen LogP) is 4.81. The molecule has 0 spiro atoms. The van der Waals surface area contributed by atoms with Crippen molar-refractivity contribution in [1.29, 1.82) is 0 Å². The second-order valence-corrected chi connectivity index (χ2v) is 12.2. The Morgan fingerprint density at radius 1 is 0.912 bits per heavy atom. The molecule has 2 aromatic carbocycles. The fourth-order valence-corrected chi connectivity index (χ4v) is 5.59. The first-order valence-electron chi connectivity index (χ1n) is 12.0. The summed E-state index contributed by atoms with van der Waals surface area (Å²) in [6, 6.07) is 13.5. The van der Waals surface area contributed by atoms with E-state index in [-0.39, 0.29) is 24.0 Å². The van der Waals surface area contributed by atoms with Crippen molar-refractivity contribution in [3.63, 3.8) is 0 Å². The van der Waals surface area contributed by atoms with Crippen LogP contribution in [0, 0.1) is 17.8 Å². The van der Waals surface area contributed by atoms with Gasteiger partial charge in [0, 0.05) is 24.3 Å². The molecule has 184 valence electrons. The topological polar surface area (TPSA) is 83.6 Å². The molecule has 0 unspecified atom stereocenters. The molecule has 6 nitrogen and oxygen atoms in total. The second kappa shape index (κ2) is 11.2. The highest BCUT2D eigenvalue weighted by Gasteiger charge is 2.29. The van der Waals surface area contributed by atoms with Crippen LogP contribution in [0.5, 0.6) is 0 Å². The lowest BCUT2D eigenvalue weighted by molar-refractivity contribution is -0.115. The number of carbonyl (C=O) groups excluding carboxylic acids is 2. The number of hydrogen-bond acceptors (Lipinski definition) is 4. The molecule has 0 atom stereocenters. The molecule has 0 radical (unpaired) electrons. The van der Waals surface area contributed by atoms with E-state index in [4.69, 9.17) is 0 Å². The number of anilines is 1. The van der Waals surface area contributed by atoms with Gasteiger partial charge >= 0.3 is 0 Å². The largest absolute Gasteiger partial charge is 0.338 e. The minimum atomic E-state index is -3.25. The fraction of sp³-hybridized carbons (Fsp3) is 0.481. The molecular formula is C27H36N2O4S. The van der Waals surface area contributed by atoms with Crippen LogP contribution in [-0.2, 0) is 21.1 Å². The van der Waals surface area contributed by atoms with Gasteiger partial charge in [0.2, 0.25) is 5.91 Å². The molecule has 7 heteroatoms. The number of nitrogens with one attached hydrogen (secondary N) is 1. The maximum Gasteiger partial charge on any atom is 0.253 e. The Hall–Kier alpha value is -2.67. The van der Waals surface area contributed by atoms with E-state index >= 15 is 0 Å². The molecule has 1 saturated carbocycles. The van der Waals surface area contributed by atoms with Gasteiger partial charge in [0.25, 0.3) is 5.91 Å². The van der Waals surface area contributed by atoms with E-state index in [9.17, 15) is 18.0 Å². The summed E-state index contributed by atoms with van der Waals surface area (Å²) in [7, 11) is -3.25. The van der Waals surface area contributed by atoms with Crippen LogP contribution < -0.4 is 5.32 Å². The monoisotopic (exact) mass is 484 g/mol. The van der Waals surface area contributed by atoms with Crippen molar-refractivity contribution >= 4 is 27.3 Å². The molecule has 0 heterocycles. The summed E-state index contributed by atoms with van der Waals surface area (Å²) < 4.78 is 24.7. The van der Waals surface area contributed by atoms with E-state index in [2.05, 4.69) is 33.0 Å². The van der Waals surface area contributed by atoms with Gasteiger partial charge in [-0.3, -0.25) is 9.59 Å². The van der Waals surface area contributed by atoms with E-state index in [1.807, 2.05) is 4.90 Å². The Bertz CT molecular complexity index is 1080. The molecule has 34 heavy (non-hydrogen) atoms. The van der Waals surface area contributed by atoms with E-state index < -0.39 is 9.84 Å². The van der Waals surface area contributed by atoms with Gasteiger partial charge < -0.3 is 10.2 Å². The first-order valence-corrected chi connectivity index (χ1v) is 13.7. The smallest absolute Gasteiger partial charge is 0.253 e. The maximum absolute atomic E-state index is 12.9. The highest BCUT2D eigenvalue weighted by atomic mass is 32.2. The summed E-state index contributed by atoms with van der Waals surface area (Å²) in [6.07, 6.45) is 2.11. The minimum Gasteiger partial charge on any atom is -0.338 e. The summed E-state index contributed by atoms with van der Waals surface area (Å²) in [5, 5.41) is 2.85. The normalized spacial score (nSPS) is 13.8. The van der Waals surface area contributed by atoms with Crippen LogP contribution in [0.4, 0.5) is 5.69 Å². The quantitative estimate of drug-likeness (QED) is 0.496. The highest BCUT2D eigenvalue weighted by molar-refractivity contribution is 7.91. The average molecular weight is 485 g/mol. The Kier molecular flexibility index (Phi) is 8.52. The molecular weight excluding hydrogens is 448 g/mol. The van der Waals surface area contributed by atoms with Crippen LogP contribution in [0.25, 0.3) is 0 Å². The Morgan fingerprint density at radius 2 is 1.47 bits per heavy atom. The van der Waals surface area contributed by atoms with E-state index in [0.29, 0.717) is 47.0 Å².